The van der Waals surface area contributed by atoms with E-state index in [9.17, 15) is 4.79 Å². The van der Waals surface area contributed by atoms with E-state index in [2.05, 4.69) is 27.4 Å². The van der Waals surface area contributed by atoms with Crippen LogP contribution in [0.15, 0.2) is 12.2 Å². The van der Waals surface area contributed by atoms with Crippen molar-refractivity contribution in [2.24, 2.45) is 0 Å². The molecule has 3 nitrogen and oxygen atoms in total. The summed E-state index contributed by atoms with van der Waals surface area (Å²) in [6.07, 6.45) is 26.0. The summed E-state index contributed by atoms with van der Waals surface area (Å²) in [5.74, 6) is -0.253. The molecule has 0 saturated heterocycles. The maximum Gasteiger partial charge on any atom is 0.333 e. The van der Waals surface area contributed by atoms with Gasteiger partial charge >= 0.3 is 5.97 Å². The van der Waals surface area contributed by atoms with Crippen LogP contribution in [0.1, 0.15) is 150 Å². The molecule has 0 saturated carbocycles. The zero-order chi connectivity index (χ0) is 25.3. The number of carbonyl (C=O) groups is 1. The number of ether oxygens (including phenoxy) is 1. The first-order chi connectivity index (χ1) is 16.5. The number of nitrogens with zero attached hydrogens (tertiary/aromatic N) is 1. The number of esters is 1. The Balaban J connectivity index is 0. The molecule has 0 atom stereocenters. The molecule has 0 aliphatic carbocycles. The van der Waals surface area contributed by atoms with Crippen LogP contribution in [0.25, 0.3) is 0 Å². The highest BCUT2D eigenvalue weighted by atomic mass is 79.9. The third-order valence-electron chi connectivity index (χ3n) is 7.69. The van der Waals surface area contributed by atoms with E-state index in [0.29, 0.717) is 12.2 Å². The highest BCUT2D eigenvalue weighted by Gasteiger charge is 2.21. The number of hydrogen-bond donors (Lipinski definition) is 0. The van der Waals surface area contributed by atoms with Crippen LogP contribution in [0.4, 0.5) is 0 Å². The van der Waals surface area contributed by atoms with Gasteiger partial charge < -0.3 is 26.2 Å². The van der Waals surface area contributed by atoms with Crippen LogP contribution in [0.2, 0.25) is 0 Å². The van der Waals surface area contributed by atoms with Gasteiger partial charge in [0, 0.05) is 5.57 Å². The maximum atomic E-state index is 11.3. The van der Waals surface area contributed by atoms with E-state index in [0.717, 1.165) is 12.8 Å². The Morgan fingerprint density at radius 3 is 1.29 bits per heavy atom. The van der Waals surface area contributed by atoms with Crippen molar-refractivity contribution in [2.75, 3.05) is 32.8 Å². The lowest BCUT2D eigenvalue weighted by Crippen LogP contribution is -3.00. The molecule has 210 valence electrons. The topological polar surface area (TPSA) is 26.3 Å². The molecule has 0 bridgehead atoms. The van der Waals surface area contributed by atoms with Crippen LogP contribution in [-0.2, 0) is 9.53 Å². The molecular weight excluding hydrogens is 498 g/mol. The number of halogens is 1. The molecule has 0 aromatic rings. The fourth-order valence-electron chi connectivity index (χ4n) is 4.98. The van der Waals surface area contributed by atoms with E-state index < -0.39 is 0 Å². The minimum atomic E-state index is -0.253. The average molecular weight is 561 g/mol. The first-order valence-electron chi connectivity index (χ1n) is 15.2. The molecule has 0 unspecified atom stereocenters. The zero-order valence-corrected chi connectivity index (χ0v) is 25.9. The summed E-state index contributed by atoms with van der Waals surface area (Å²) in [7, 11) is 0. The second-order valence-corrected chi connectivity index (χ2v) is 10.7. The third kappa shape index (κ3) is 22.6. The summed E-state index contributed by atoms with van der Waals surface area (Å²) < 4.78 is 6.48. The summed E-state index contributed by atoms with van der Waals surface area (Å²) in [5.41, 5.74) is 0.493. The minimum absolute atomic E-state index is 0. The van der Waals surface area contributed by atoms with Crippen molar-refractivity contribution >= 4 is 5.97 Å². The van der Waals surface area contributed by atoms with Gasteiger partial charge in [0.05, 0.1) is 32.8 Å². The summed E-state index contributed by atoms with van der Waals surface area (Å²) in [4.78, 5) is 11.3. The van der Waals surface area contributed by atoms with Gasteiger partial charge in [-0.2, -0.15) is 0 Å². The van der Waals surface area contributed by atoms with Gasteiger partial charge in [0.15, 0.2) is 0 Å². The fraction of sp³-hybridized carbons (Fsp3) is 0.903. The molecule has 0 radical (unpaired) electrons. The van der Waals surface area contributed by atoms with Crippen molar-refractivity contribution < 1.29 is 31.0 Å². The van der Waals surface area contributed by atoms with E-state index in [4.69, 9.17) is 4.74 Å². The van der Waals surface area contributed by atoms with Crippen LogP contribution >= 0.6 is 0 Å². The van der Waals surface area contributed by atoms with Gasteiger partial charge in [0.2, 0.25) is 0 Å². The molecule has 0 amide bonds. The molecule has 4 heteroatoms. The van der Waals surface area contributed by atoms with Crippen molar-refractivity contribution in [1.29, 1.82) is 0 Å². The van der Waals surface area contributed by atoms with Crippen LogP contribution in [0.3, 0.4) is 0 Å². The van der Waals surface area contributed by atoms with Crippen LogP contribution in [-0.4, -0.2) is 43.2 Å². The van der Waals surface area contributed by atoms with Crippen LogP contribution in [0, 0.1) is 0 Å². The van der Waals surface area contributed by atoms with Crippen molar-refractivity contribution in [1.82, 2.24) is 0 Å². The zero-order valence-electron chi connectivity index (χ0n) is 24.3. The molecular formula is C31H62BrNO2. The van der Waals surface area contributed by atoms with E-state index in [1.807, 2.05) is 0 Å². The van der Waals surface area contributed by atoms with Crippen molar-refractivity contribution in [3.8, 4) is 0 Å². The predicted molar refractivity (Wildman–Crippen MR) is 150 cm³/mol. The van der Waals surface area contributed by atoms with E-state index in [1.165, 1.54) is 140 Å². The van der Waals surface area contributed by atoms with Gasteiger partial charge in [-0.1, -0.05) is 103 Å². The van der Waals surface area contributed by atoms with E-state index in [-0.39, 0.29) is 23.0 Å². The van der Waals surface area contributed by atoms with Gasteiger partial charge in [-0.05, 0) is 52.9 Å². The lowest BCUT2D eigenvalue weighted by molar-refractivity contribution is -0.925. The van der Waals surface area contributed by atoms with Gasteiger partial charge in [-0.3, -0.25) is 0 Å². The number of rotatable bonds is 26. The second-order valence-electron chi connectivity index (χ2n) is 10.7. The largest absolute Gasteiger partial charge is 1.00 e. The molecule has 0 aliphatic rings. The molecule has 0 aromatic heterocycles. The number of unbranched alkanes of at least 4 members (excludes halogenated alkanes) is 17. The molecule has 0 fully saturated rings. The smallest absolute Gasteiger partial charge is 0.333 e. The Bertz CT molecular complexity index is 477. The van der Waals surface area contributed by atoms with Crippen LogP contribution < -0.4 is 17.0 Å². The Hall–Kier alpha value is -0.350. The van der Waals surface area contributed by atoms with Gasteiger partial charge in [-0.25, -0.2) is 4.79 Å². The van der Waals surface area contributed by atoms with Gasteiger partial charge in [0.1, 0.15) is 0 Å². The molecule has 0 aliphatic heterocycles. The predicted octanol–water partition coefficient (Wildman–Crippen LogP) is 6.40. The van der Waals surface area contributed by atoms with Crippen molar-refractivity contribution in [3.63, 3.8) is 0 Å². The molecule has 0 rings (SSSR count). The first kappa shape index (κ1) is 36.8. The lowest BCUT2D eigenvalue weighted by atomic mass is 10.1. The summed E-state index contributed by atoms with van der Waals surface area (Å²) in [5, 5.41) is 0. The number of carbonyl (C=O) groups excluding carboxylic acids is 1. The molecule has 0 spiro atoms. The summed E-state index contributed by atoms with van der Waals surface area (Å²) in [6, 6.07) is 0. The minimum Gasteiger partial charge on any atom is -1.00 e. The van der Waals surface area contributed by atoms with E-state index >= 15 is 0 Å². The standard InChI is InChI=1S/C31H62NO2.BrH/c1-6-9-10-11-12-13-15-18-21-24-27-32(7-2,8-3)28-25-22-19-16-14-17-20-23-26-29-34-31(33)30(4)5;/h4,6-29H2,1-3,5H3;1H/q+1;/p-1. The maximum absolute atomic E-state index is 11.3. The number of hydrogen-bond acceptors (Lipinski definition) is 2. The summed E-state index contributed by atoms with van der Waals surface area (Å²) in [6.45, 7) is 18.3. The average Bonchev–Trinajstić information content (AvgIpc) is 2.84. The molecule has 35 heavy (non-hydrogen) atoms. The molecule has 0 N–H and O–H groups in total. The summed E-state index contributed by atoms with van der Waals surface area (Å²) >= 11 is 0. The van der Waals surface area contributed by atoms with Crippen molar-refractivity contribution in [2.45, 2.75) is 150 Å². The lowest BCUT2D eigenvalue weighted by Gasteiger charge is -2.37. The first-order valence-corrected chi connectivity index (χ1v) is 15.2. The van der Waals surface area contributed by atoms with Gasteiger partial charge in [0.25, 0.3) is 0 Å². The Kier molecular flexibility index (Phi) is 28.1. The number of quaternary nitrogens is 1. The van der Waals surface area contributed by atoms with Crippen LogP contribution in [0.5, 0.6) is 0 Å². The van der Waals surface area contributed by atoms with E-state index in [1.54, 1.807) is 6.92 Å². The fourth-order valence-corrected chi connectivity index (χ4v) is 4.98. The molecule has 0 heterocycles. The highest BCUT2D eigenvalue weighted by Crippen LogP contribution is 2.16. The Labute approximate surface area is 231 Å². The quantitative estimate of drug-likeness (QED) is 0.0530. The Morgan fingerprint density at radius 1 is 0.600 bits per heavy atom. The third-order valence-corrected chi connectivity index (χ3v) is 7.69. The SMILES string of the molecule is C=C(C)C(=O)OCCCCCCCCCCC[N+](CC)(CC)CCCCCCCCCCCC.[Br-]. The van der Waals surface area contributed by atoms with Crippen molar-refractivity contribution in [3.05, 3.63) is 12.2 Å². The van der Waals surface area contributed by atoms with Gasteiger partial charge in [-0.15, -0.1) is 0 Å². The molecule has 0 aromatic carbocycles. The Morgan fingerprint density at radius 2 is 0.943 bits per heavy atom. The highest BCUT2D eigenvalue weighted by molar-refractivity contribution is 5.86. The monoisotopic (exact) mass is 559 g/mol. The second kappa shape index (κ2) is 26.7. The normalized spacial score (nSPS) is 11.3.